The van der Waals surface area contributed by atoms with Crippen molar-refractivity contribution in [3.05, 3.63) is 93.6 Å². The first-order chi connectivity index (χ1) is 16.0. The number of carbonyl (C=O) groups excluding carboxylic acids is 1. The first-order valence-corrected chi connectivity index (χ1v) is 11.8. The van der Waals surface area contributed by atoms with E-state index >= 15 is 0 Å². The van der Waals surface area contributed by atoms with Crippen LogP contribution in [0.1, 0.15) is 29.7 Å². The third-order valence-corrected chi connectivity index (χ3v) is 6.74. The summed E-state index contributed by atoms with van der Waals surface area (Å²) < 4.78 is 7.82. The Kier molecular flexibility index (Phi) is 5.60. The number of anilines is 1. The van der Waals surface area contributed by atoms with Crippen molar-refractivity contribution >= 4 is 28.6 Å². The van der Waals surface area contributed by atoms with Crippen LogP contribution in [0.25, 0.3) is 11.3 Å². The van der Waals surface area contributed by atoms with Crippen molar-refractivity contribution in [2.24, 2.45) is 4.99 Å². The van der Waals surface area contributed by atoms with E-state index in [4.69, 9.17) is 9.73 Å². The Morgan fingerprint density at radius 1 is 1.06 bits per heavy atom. The van der Waals surface area contributed by atoms with Crippen LogP contribution in [0.2, 0.25) is 0 Å². The molecule has 1 N–H and O–H groups in total. The van der Waals surface area contributed by atoms with Gasteiger partial charge in [0, 0.05) is 10.9 Å². The molecule has 0 saturated heterocycles. The molecule has 0 fully saturated rings. The van der Waals surface area contributed by atoms with Crippen molar-refractivity contribution in [3.8, 4) is 17.0 Å². The van der Waals surface area contributed by atoms with Crippen LogP contribution in [-0.4, -0.2) is 17.1 Å². The average Bonchev–Trinajstić information content (AvgIpc) is 3.24. The van der Waals surface area contributed by atoms with E-state index < -0.39 is 0 Å². The van der Waals surface area contributed by atoms with E-state index in [2.05, 4.69) is 78.5 Å². The smallest absolute Gasteiger partial charge is 0.262 e. The fourth-order valence-electron chi connectivity index (χ4n) is 4.05. The van der Waals surface area contributed by atoms with Crippen LogP contribution in [0.5, 0.6) is 5.75 Å². The molecular weight excluding hydrogens is 430 g/mol. The molecule has 0 aliphatic carbocycles. The Morgan fingerprint density at radius 3 is 2.70 bits per heavy atom. The van der Waals surface area contributed by atoms with Crippen molar-refractivity contribution in [1.82, 2.24) is 4.57 Å². The molecule has 5 nitrogen and oxygen atoms in total. The Morgan fingerprint density at radius 2 is 1.88 bits per heavy atom. The SMILES string of the molecule is Cc1ccc(C)c(N=c2scc(-c3ccc4c(c3)NC(=O)CO4)n2C(C)c2ccccc2)c1. The molecule has 4 aromatic rings. The summed E-state index contributed by atoms with van der Waals surface area (Å²) in [5.41, 5.74) is 7.25. The van der Waals surface area contributed by atoms with Gasteiger partial charge in [0.2, 0.25) is 0 Å². The van der Waals surface area contributed by atoms with Crippen LogP contribution in [0, 0.1) is 13.8 Å². The Bertz CT molecular complexity index is 1400. The highest BCUT2D eigenvalue weighted by Crippen LogP contribution is 2.34. The minimum Gasteiger partial charge on any atom is -0.482 e. The van der Waals surface area contributed by atoms with Gasteiger partial charge >= 0.3 is 0 Å². The highest BCUT2D eigenvalue weighted by Gasteiger charge is 2.20. The monoisotopic (exact) mass is 455 g/mol. The summed E-state index contributed by atoms with van der Waals surface area (Å²) in [6, 6.07) is 22.8. The van der Waals surface area contributed by atoms with Crippen LogP contribution in [0.15, 0.2) is 77.1 Å². The van der Waals surface area contributed by atoms with E-state index in [0.29, 0.717) is 11.4 Å². The molecule has 3 aromatic carbocycles. The summed E-state index contributed by atoms with van der Waals surface area (Å²) in [6.45, 7) is 6.41. The van der Waals surface area contributed by atoms with Crippen LogP contribution < -0.4 is 14.9 Å². The van der Waals surface area contributed by atoms with Gasteiger partial charge in [-0.25, -0.2) is 4.99 Å². The fourth-order valence-corrected chi connectivity index (χ4v) is 5.04. The van der Waals surface area contributed by atoms with E-state index in [9.17, 15) is 4.79 Å². The first kappa shape index (κ1) is 21.2. The third-order valence-electron chi connectivity index (χ3n) is 5.90. The Hall–Kier alpha value is -3.64. The number of nitrogens with zero attached hydrogens (tertiary/aromatic N) is 2. The Balaban J connectivity index is 1.69. The molecule has 0 radical (unpaired) electrons. The fraction of sp³-hybridized carbons (Fsp3) is 0.185. The summed E-state index contributed by atoms with van der Waals surface area (Å²) in [7, 11) is 0. The third kappa shape index (κ3) is 4.22. The van der Waals surface area contributed by atoms with Crippen LogP contribution in [0.3, 0.4) is 0 Å². The number of hydrogen-bond donors (Lipinski definition) is 1. The zero-order chi connectivity index (χ0) is 22.9. The number of aryl methyl sites for hydroxylation is 2. The predicted molar refractivity (Wildman–Crippen MR) is 133 cm³/mol. The quantitative estimate of drug-likeness (QED) is 0.410. The highest BCUT2D eigenvalue weighted by molar-refractivity contribution is 7.07. The number of thiazole rings is 1. The number of fused-ring (bicyclic) bond motifs is 1. The number of hydrogen-bond acceptors (Lipinski definition) is 4. The number of carbonyl (C=O) groups is 1. The van der Waals surface area contributed by atoms with Crippen molar-refractivity contribution < 1.29 is 9.53 Å². The lowest BCUT2D eigenvalue weighted by atomic mass is 10.1. The minimum absolute atomic E-state index is 0.0503. The largest absolute Gasteiger partial charge is 0.482 e. The van der Waals surface area contributed by atoms with E-state index in [1.54, 1.807) is 11.3 Å². The molecule has 1 atom stereocenters. The highest BCUT2D eigenvalue weighted by atomic mass is 32.1. The standard InChI is InChI=1S/C27H25N3O2S/c1-17-9-10-18(2)22(13-17)29-27-30(19(3)20-7-5-4-6-8-20)24(16-33-27)21-11-12-25-23(14-21)28-26(31)15-32-25/h4-14,16,19H,15H2,1-3H3,(H,28,31). The van der Waals surface area contributed by atoms with Gasteiger partial charge in [-0.2, -0.15) is 0 Å². The lowest BCUT2D eigenvalue weighted by Gasteiger charge is -2.21. The number of nitrogens with one attached hydrogen (secondary N) is 1. The zero-order valence-corrected chi connectivity index (χ0v) is 19.6. The van der Waals surface area contributed by atoms with Gasteiger partial charge in [-0.3, -0.25) is 4.79 Å². The molecule has 166 valence electrons. The van der Waals surface area contributed by atoms with Crippen LogP contribution in [0.4, 0.5) is 11.4 Å². The maximum absolute atomic E-state index is 11.8. The minimum atomic E-state index is -0.138. The zero-order valence-electron chi connectivity index (χ0n) is 18.8. The normalized spacial score (nSPS) is 14.4. The first-order valence-electron chi connectivity index (χ1n) is 10.9. The van der Waals surface area contributed by atoms with Gasteiger partial charge in [0.15, 0.2) is 11.4 Å². The van der Waals surface area contributed by atoms with Crippen LogP contribution in [-0.2, 0) is 4.79 Å². The van der Waals surface area contributed by atoms with E-state index in [-0.39, 0.29) is 18.6 Å². The second-order valence-corrected chi connectivity index (χ2v) is 9.15. The summed E-state index contributed by atoms with van der Waals surface area (Å²) >= 11 is 1.62. The molecule has 1 unspecified atom stereocenters. The number of ether oxygens (including phenoxy) is 1. The second kappa shape index (κ2) is 8.71. The van der Waals surface area contributed by atoms with Gasteiger partial charge in [-0.05, 0) is 61.7 Å². The van der Waals surface area contributed by atoms with Gasteiger partial charge in [0.05, 0.1) is 23.1 Å². The molecule has 0 spiro atoms. The maximum Gasteiger partial charge on any atom is 0.262 e. The van der Waals surface area contributed by atoms with Crippen molar-refractivity contribution in [3.63, 3.8) is 0 Å². The van der Waals surface area contributed by atoms with E-state index in [1.165, 1.54) is 11.1 Å². The van der Waals surface area contributed by atoms with Gasteiger partial charge in [0.1, 0.15) is 5.75 Å². The van der Waals surface area contributed by atoms with Crippen LogP contribution >= 0.6 is 11.3 Å². The number of benzene rings is 3. The van der Waals surface area contributed by atoms with Crippen molar-refractivity contribution in [2.75, 3.05) is 11.9 Å². The molecule has 1 aromatic heterocycles. The van der Waals surface area contributed by atoms with Gasteiger partial charge in [-0.1, -0.05) is 42.5 Å². The molecule has 0 saturated carbocycles. The molecule has 5 rings (SSSR count). The van der Waals surface area contributed by atoms with E-state index in [1.807, 2.05) is 24.3 Å². The topological polar surface area (TPSA) is 55.6 Å². The van der Waals surface area contributed by atoms with Crippen molar-refractivity contribution in [2.45, 2.75) is 26.8 Å². The molecule has 1 aliphatic heterocycles. The lowest BCUT2D eigenvalue weighted by Crippen LogP contribution is -2.25. The molecule has 1 aliphatic rings. The second-order valence-electron chi connectivity index (χ2n) is 8.31. The maximum atomic E-state index is 11.8. The number of aromatic nitrogens is 1. The number of amides is 1. The molecule has 6 heteroatoms. The predicted octanol–water partition coefficient (Wildman–Crippen LogP) is 6.01. The Labute approximate surface area is 197 Å². The molecule has 2 heterocycles. The lowest BCUT2D eigenvalue weighted by molar-refractivity contribution is -0.118. The van der Waals surface area contributed by atoms with Gasteiger partial charge in [0.25, 0.3) is 5.91 Å². The molecule has 0 bridgehead atoms. The number of rotatable bonds is 4. The summed E-state index contributed by atoms with van der Waals surface area (Å²) in [6.07, 6.45) is 0. The summed E-state index contributed by atoms with van der Waals surface area (Å²) in [5.74, 6) is 0.553. The summed E-state index contributed by atoms with van der Waals surface area (Å²) in [5, 5.41) is 5.05. The summed E-state index contributed by atoms with van der Waals surface area (Å²) in [4.78, 5) is 17.9. The molecule has 33 heavy (non-hydrogen) atoms. The molecular formula is C27H25N3O2S. The molecule has 1 amide bonds. The van der Waals surface area contributed by atoms with E-state index in [0.717, 1.165) is 27.3 Å². The van der Waals surface area contributed by atoms with Crippen molar-refractivity contribution in [1.29, 1.82) is 0 Å². The van der Waals surface area contributed by atoms with Gasteiger partial charge < -0.3 is 14.6 Å². The van der Waals surface area contributed by atoms with Gasteiger partial charge in [-0.15, -0.1) is 11.3 Å². The average molecular weight is 456 g/mol.